The smallest absolute Gasteiger partial charge is 0.245 e. The molecule has 1 aliphatic rings. The number of amides is 2. The first-order valence-electron chi connectivity index (χ1n) is 8.39. The van der Waals surface area contributed by atoms with Crippen LogP contribution in [0.4, 0.5) is 5.13 Å². The summed E-state index contributed by atoms with van der Waals surface area (Å²) < 4.78 is 1.05. The van der Waals surface area contributed by atoms with Crippen molar-refractivity contribution >= 4 is 44.2 Å². The first-order chi connectivity index (χ1) is 12.5. The number of aryl methyl sites for hydroxylation is 1. The van der Waals surface area contributed by atoms with Gasteiger partial charge in [0.2, 0.25) is 11.8 Å². The van der Waals surface area contributed by atoms with E-state index in [9.17, 15) is 9.59 Å². The Morgan fingerprint density at radius 2 is 2.31 bits per heavy atom. The highest BCUT2D eigenvalue weighted by atomic mass is 79.9. The fourth-order valence-corrected chi connectivity index (χ4v) is 4.44. The van der Waals surface area contributed by atoms with Gasteiger partial charge in [0.25, 0.3) is 0 Å². The lowest BCUT2D eigenvalue weighted by atomic mass is 10.1. The van der Waals surface area contributed by atoms with E-state index in [1.807, 2.05) is 19.1 Å². The molecule has 5 nitrogen and oxygen atoms in total. The molecule has 0 spiro atoms. The largest absolute Gasteiger partial charge is 0.338 e. The number of nitrogens with zero attached hydrogens (tertiary/aromatic N) is 2. The predicted molar refractivity (Wildman–Crippen MR) is 107 cm³/mol. The van der Waals surface area contributed by atoms with Crippen molar-refractivity contribution in [2.45, 2.75) is 19.8 Å². The molecule has 136 valence electrons. The SMILES string of the molecule is C=CC(=O)N1CCC(C(=O)Nc2nc(C)c(Cc3cccc(Br)c3)s2)C1. The van der Waals surface area contributed by atoms with Gasteiger partial charge in [0.15, 0.2) is 5.13 Å². The maximum absolute atomic E-state index is 12.5. The Bertz CT molecular complexity index is 849. The highest BCUT2D eigenvalue weighted by Crippen LogP contribution is 2.27. The summed E-state index contributed by atoms with van der Waals surface area (Å²) in [7, 11) is 0. The molecule has 0 bridgehead atoms. The second-order valence-electron chi connectivity index (χ2n) is 6.30. The van der Waals surface area contributed by atoms with Gasteiger partial charge in [0, 0.05) is 28.9 Å². The van der Waals surface area contributed by atoms with Crippen molar-refractivity contribution in [3.05, 3.63) is 57.5 Å². The fourth-order valence-electron chi connectivity index (χ4n) is 2.99. The third-order valence-corrected chi connectivity index (χ3v) is 5.99. The van der Waals surface area contributed by atoms with Crippen LogP contribution in [-0.4, -0.2) is 34.8 Å². The second kappa shape index (κ2) is 8.14. The lowest BCUT2D eigenvalue weighted by molar-refractivity contribution is -0.125. The maximum Gasteiger partial charge on any atom is 0.245 e. The van der Waals surface area contributed by atoms with Crippen LogP contribution >= 0.6 is 27.3 Å². The van der Waals surface area contributed by atoms with Gasteiger partial charge in [-0.25, -0.2) is 4.98 Å². The number of anilines is 1. The van der Waals surface area contributed by atoms with Gasteiger partial charge in [-0.3, -0.25) is 9.59 Å². The molecule has 1 fully saturated rings. The lowest BCUT2D eigenvalue weighted by Gasteiger charge is -2.13. The topological polar surface area (TPSA) is 62.3 Å². The van der Waals surface area contributed by atoms with Gasteiger partial charge < -0.3 is 10.2 Å². The molecule has 2 heterocycles. The molecule has 0 aliphatic carbocycles. The van der Waals surface area contributed by atoms with E-state index in [-0.39, 0.29) is 17.7 Å². The Labute approximate surface area is 165 Å². The summed E-state index contributed by atoms with van der Waals surface area (Å²) in [5, 5.41) is 3.53. The van der Waals surface area contributed by atoms with Crippen LogP contribution in [0.5, 0.6) is 0 Å². The van der Waals surface area contributed by atoms with Gasteiger partial charge in [0.1, 0.15) is 0 Å². The van der Waals surface area contributed by atoms with Crippen LogP contribution in [0.25, 0.3) is 0 Å². The molecular formula is C19H20BrN3O2S. The number of rotatable bonds is 5. The van der Waals surface area contributed by atoms with Crippen LogP contribution in [0, 0.1) is 12.8 Å². The number of nitrogens with one attached hydrogen (secondary N) is 1. The standard InChI is InChI=1S/C19H20BrN3O2S/c1-3-17(24)23-8-7-14(11-23)18(25)22-19-21-12(2)16(26-19)10-13-5-4-6-15(20)9-13/h3-6,9,14H,1,7-8,10-11H2,2H3,(H,21,22,25). The Morgan fingerprint density at radius 3 is 3.04 bits per heavy atom. The Hall–Kier alpha value is -1.99. The highest BCUT2D eigenvalue weighted by Gasteiger charge is 2.30. The van der Waals surface area contributed by atoms with Crippen molar-refractivity contribution in [3.8, 4) is 0 Å². The van der Waals surface area contributed by atoms with E-state index in [4.69, 9.17) is 0 Å². The van der Waals surface area contributed by atoms with Crippen LogP contribution in [0.1, 0.15) is 22.6 Å². The number of likely N-dealkylation sites (tertiary alicyclic amines) is 1. The minimum Gasteiger partial charge on any atom is -0.338 e. The zero-order valence-electron chi connectivity index (χ0n) is 14.5. The number of aromatic nitrogens is 1. The van der Waals surface area contributed by atoms with Gasteiger partial charge in [-0.05, 0) is 37.1 Å². The molecule has 7 heteroatoms. The summed E-state index contributed by atoms with van der Waals surface area (Å²) in [5.41, 5.74) is 2.12. The zero-order chi connectivity index (χ0) is 18.7. The number of hydrogen-bond donors (Lipinski definition) is 1. The van der Waals surface area contributed by atoms with Crippen molar-refractivity contribution in [3.63, 3.8) is 0 Å². The van der Waals surface area contributed by atoms with E-state index in [0.29, 0.717) is 24.6 Å². The number of hydrogen-bond acceptors (Lipinski definition) is 4. The first-order valence-corrected chi connectivity index (χ1v) is 10.00. The molecule has 1 aromatic heterocycles. The minimum atomic E-state index is -0.198. The molecule has 1 N–H and O–H groups in total. The lowest BCUT2D eigenvalue weighted by Crippen LogP contribution is -2.30. The van der Waals surface area contributed by atoms with E-state index >= 15 is 0 Å². The molecule has 1 saturated heterocycles. The Morgan fingerprint density at radius 1 is 1.50 bits per heavy atom. The van der Waals surface area contributed by atoms with Crippen molar-refractivity contribution in [2.75, 3.05) is 18.4 Å². The molecule has 1 atom stereocenters. The van der Waals surface area contributed by atoms with Crippen LogP contribution in [-0.2, 0) is 16.0 Å². The monoisotopic (exact) mass is 433 g/mol. The van der Waals surface area contributed by atoms with Crippen LogP contribution < -0.4 is 5.32 Å². The van der Waals surface area contributed by atoms with Crippen LogP contribution in [0.15, 0.2) is 41.4 Å². The van der Waals surface area contributed by atoms with Gasteiger partial charge in [-0.1, -0.05) is 34.6 Å². The summed E-state index contributed by atoms with van der Waals surface area (Å²) in [6, 6.07) is 8.17. The third kappa shape index (κ3) is 4.40. The minimum absolute atomic E-state index is 0.0767. The fraction of sp³-hybridized carbons (Fsp3) is 0.316. The molecule has 2 aromatic rings. The van der Waals surface area contributed by atoms with E-state index in [1.165, 1.54) is 23.0 Å². The molecule has 1 aromatic carbocycles. The molecule has 26 heavy (non-hydrogen) atoms. The van der Waals surface area contributed by atoms with Crippen molar-refractivity contribution in [1.82, 2.24) is 9.88 Å². The molecular weight excluding hydrogens is 414 g/mol. The summed E-state index contributed by atoms with van der Waals surface area (Å²) in [5.74, 6) is -0.398. The molecule has 3 rings (SSSR count). The molecule has 0 saturated carbocycles. The maximum atomic E-state index is 12.5. The van der Waals surface area contributed by atoms with E-state index in [1.54, 1.807) is 4.90 Å². The molecule has 0 radical (unpaired) electrons. The van der Waals surface area contributed by atoms with Crippen LogP contribution in [0.3, 0.4) is 0 Å². The second-order valence-corrected chi connectivity index (χ2v) is 8.30. The van der Waals surface area contributed by atoms with E-state index in [2.05, 4.69) is 44.9 Å². The Balaban J connectivity index is 1.63. The van der Waals surface area contributed by atoms with Crippen molar-refractivity contribution in [2.24, 2.45) is 5.92 Å². The van der Waals surface area contributed by atoms with Gasteiger partial charge in [-0.2, -0.15) is 0 Å². The first kappa shape index (κ1) is 18.8. The average molecular weight is 434 g/mol. The van der Waals surface area contributed by atoms with Gasteiger partial charge in [-0.15, -0.1) is 11.3 Å². The summed E-state index contributed by atoms with van der Waals surface area (Å²) in [6.45, 7) is 6.48. The molecule has 1 aliphatic heterocycles. The number of carbonyl (C=O) groups is 2. The third-order valence-electron chi connectivity index (χ3n) is 4.42. The van der Waals surface area contributed by atoms with E-state index in [0.717, 1.165) is 21.5 Å². The highest BCUT2D eigenvalue weighted by molar-refractivity contribution is 9.10. The average Bonchev–Trinajstić information content (AvgIpc) is 3.22. The van der Waals surface area contributed by atoms with E-state index < -0.39 is 0 Å². The number of halogens is 1. The summed E-state index contributed by atoms with van der Waals surface area (Å²) in [4.78, 5) is 31.4. The number of thiazole rings is 1. The summed E-state index contributed by atoms with van der Waals surface area (Å²) >= 11 is 4.99. The Kier molecular flexibility index (Phi) is 5.88. The summed E-state index contributed by atoms with van der Waals surface area (Å²) in [6.07, 6.45) is 2.74. The quantitative estimate of drug-likeness (QED) is 0.729. The number of carbonyl (C=O) groups excluding carboxylic acids is 2. The van der Waals surface area contributed by atoms with Crippen molar-refractivity contribution < 1.29 is 9.59 Å². The predicted octanol–water partition coefficient (Wildman–Crippen LogP) is 3.78. The zero-order valence-corrected chi connectivity index (χ0v) is 16.9. The molecule has 2 amide bonds. The van der Waals surface area contributed by atoms with Gasteiger partial charge >= 0.3 is 0 Å². The number of benzene rings is 1. The molecule has 1 unspecified atom stereocenters. The van der Waals surface area contributed by atoms with Gasteiger partial charge in [0.05, 0.1) is 11.6 Å². The van der Waals surface area contributed by atoms with Crippen molar-refractivity contribution in [1.29, 1.82) is 0 Å². The normalized spacial score (nSPS) is 16.5. The van der Waals surface area contributed by atoms with Crippen LogP contribution in [0.2, 0.25) is 0 Å².